The van der Waals surface area contributed by atoms with Crippen LogP contribution < -0.4 is 11.5 Å². The SMILES string of the molecule is NCCOC(N)(F)F. The predicted octanol–water partition coefficient (Wildman–Crippen LogP) is -0.529. The standard InChI is InChI=1S/C3H8F2N2O/c4-3(5,7)8-2-1-6/h1-2,6-7H2. The summed E-state index contributed by atoms with van der Waals surface area (Å²) in [5, 5.41) is 0. The first-order chi connectivity index (χ1) is 3.56. The normalized spacial score (nSPS) is 12.0. The van der Waals surface area contributed by atoms with Crippen molar-refractivity contribution in [2.24, 2.45) is 11.5 Å². The Morgan fingerprint density at radius 1 is 1.50 bits per heavy atom. The third-order valence-electron chi connectivity index (χ3n) is 0.412. The zero-order valence-electron chi connectivity index (χ0n) is 4.23. The minimum Gasteiger partial charge on any atom is -0.328 e. The fraction of sp³-hybridized carbons (Fsp3) is 1.00. The van der Waals surface area contributed by atoms with Crippen LogP contribution in [0.2, 0.25) is 0 Å². The van der Waals surface area contributed by atoms with Gasteiger partial charge in [0.1, 0.15) is 0 Å². The van der Waals surface area contributed by atoms with Gasteiger partial charge in [-0.1, -0.05) is 0 Å². The number of rotatable bonds is 3. The van der Waals surface area contributed by atoms with Crippen LogP contribution in [0.4, 0.5) is 8.78 Å². The molecule has 0 atom stereocenters. The van der Waals surface area contributed by atoms with E-state index in [1.165, 1.54) is 0 Å². The van der Waals surface area contributed by atoms with Crippen molar-refractivity contribution in [3.63, 3.8) is 0 Å². The summed E-state index contributed by atoms with van der Waals surface area (Å²) in [6.07, 6.45) is -3.53. The fourth-order valence-electron chi connectivity index (χ4n) is 0.195. The Bertz CT molecular complexity index is 62.8. The molecule has 0 aliphatic carbocycles. The van der Waals surface area contributed by atoms with E-state index in [1.807, 2.05) is 0 Å². The van der Waals surface area contributed by atoms with Gasteiger partial charge in [-0.2, -0.15) is 8.78 Å². The van der Waals surface area contributed by atoms with Crippen LogP contribution in [0.15, 0.2) is 0 Å². The predicted molar refractivity (Wildman–Crippen MR) is 24.1 cm³/mol. The van der Waals surface area contributed by atoms with Gasteiger partial charge in [-0.3, -0.25) is 0 Å². The second-order valence-electron chi connectivity index (χ2n) is 1.20. The highest BCUT2D eigenvalue weighted by Gasteiger charge is 2.21. The molecule has 4 N–H and O–H groups in total. The molecule has 8 heavy (non-hydrogen) atoms. The van der Waals surface area contributed by atoms with E-state index in [-0.39, 0.29) is 13.2 Å². The molecule has 0 saturated heterocycles. The number of nitrogens with two attached hydrogens (primary N) is 2. The molecule has 0 heterocycles. The van der Waals surface area contributed by atoms with E-state index in [0.717, 1.165) is 0 Å². The van der Waals surface area contributed by atoms with Crippen molar-refractivity contribution >= 4 is 0 Å². The lowest BCUT2D eigenvalue weighted by atomic mass is 10.7. The van der Waals surface area contributed by atoms with Gasteiger partial charge in [0.15, 0.2) is 0 Å². The third kappa shape index (κ3) is 5.74. The molecular formula is C3H8F2N2O. The van der Waals surface area contributed by atoms with Crippen molar-refractivity contribution in [3.8, 4) is 0 Å². The van der Waals surface area contributed by atoms with Crippen molar-refractivity contribution in [2.45, 2.75) is 6.23 Å². The van der Waals surface area contributed by atoms with E-state index in [2.05, 4.69) is 10.5 Å². The summed E-state index contributed by atoms with van der Waals surface area (Å²) in [6, 6.07) is 0. The molecule has 0 fully saturated rings. The maximum atomic E-state index is 11.4. The van der Waals surface area contributed by atoms with Crippen molar-refractivity contribution < 1.29 is 13.5 Å². The Balaban J connectivity index is 3.11. The van der Waals surface area contributed by atoms with Crippen molar-refractivity contribution in [1.82, 2.24) is 0 Å². The number of hydrogen-bond acceptors (Lipinski definition) is 3. The van der Waals surface area contributed by atoms with E-state index >= 15 is 0 Å². The fourth-order valence-corrected chi connectivity index (χ4v) is 0.195. The smallest absolute Gasteiger partial charge is 0.328 e. The summed E-state index contributed by atoms with van der Waals surface area (Å²) in [7, 11) is 0. The van der Waals surface area contributed by atoms with Crippen LogP contribution in [-0.4, -0.2) is 19.4 Å². The summed E-state index contributed by atoms with van der Waals surface area (Å²) in [4.78, 5) is 0. The average molecular weight is 126 g/mol. The summed E-state index contributed by atoms with van der Waals surface area (Å²) in [5.41, 5.74) is 8.93. The van der Waals surface area contributed by atoms with Crippen LogP contribution in [0.1, 0.15) is 0 Å². The molecule has 0 unspecified atom stereocenters. The van der Waals surface area contributed by atoms with Gasteiger partial charge in [0.05, 0.1) is 6.61 Å². The molecule has 0 bridgehead atoms. The second kappa shape index (κ2) is 2.91. The van der Waals surface area contributed by atoms with Gasteiger partial charge in [0, 0.05) is 6.54 Å². The van der Waals surface area contributed by atoms with E-state index in [4.69, 9.17) is 5.73 Å². The highest BCUT2D eigenvalue weighted by Crippen LogP contribution is 2.03. The molecule has 0 aromatic carbocycles. The minimum absolute atomic E-state index is 0.0484. The number of halogens is 2. The Kier molecular flexibility index (Phi) is 2.81. The lowest BCUT2D eigenvalue weighted by Gasteiger charge is -2.08. The molecule has 0 radical (unpaired) electrons. The summed E-state index contributed by atoms with van der Waals surface area (Å²) >= 11 is 0. The molecule has 0 rings (SSSR count). The maximum Gasteiger partial charge on any atom is 0.419 e. The zero-order valence-corrected chi connectivity index (χ0v) is 4.23. The van der Waals surface area contributed by atoms with Crippen molar-refractivity contribution in [1.29, 1.82) is 0 Å². The van der Waals surface area contributed by atoms with Crippen LogP contribution in [0.3, 0.4) is 0 Å². The third-order valence-corrected chi connectivity index (χ3v) is 0.412. The topological polar surface area (TPSA) is 61.3 Å². The van der Waals surface area contributed by atoms with Crippen LogP contribution >= 0.6 is 0 Å². The number of alkyl halides is 2. The van der Waals surface area contributed by atoms with Crippen LogP contribution in [0.25, 0.3) is 0 Å². The molecule has 0 spiro atoms. The maximum absolute atomic E-state index is 11.4. The first-order valence-electron chi connectivity index (χ1n) is 2.07. The Morgan fingerprint density at radius 2 is 2.00 bits per heavy atom. The summed E-state index contributed by atoms with van der Waals surface area (Å²) in [6.45, 7) is -0.170. The quantitative estimate of drug-likeness (QED) is 0.394. The van der Waals surface area contributed by atoms with Crippen LogP contribution in [0.5, 0.6) is 0 Å². The Morgan fingerprint density at radius 3 is 2.12 bits per heavy atom. The first kappa shape index (κ1) is 7.74. The van der Waals surface area contributed by atoms with Gasteiger partial charge in [0.2, 0.25) is 0 Å². The highest BCUT2D eigenvalue weighted by molar-refractivity contribution is 4.36. The summed E-state index contributed by atoms with van der Waals surface area (Å²) < 4.78 is 26.5. The van der Waals surface area contributed by atoms with E-state index in [1.54, 1.807) is 0 Å². The van der Waals surface area contributed by atoms with Crippen molar-refractivity contribution in [3.05, 3.63) is 0 Å². The Hall–Kier alpha value is -0.260. The van der Waals surface area contributed by atoms with Crippen LogP contribution in [0, 0.1) is 0 Å². The lowest BCUT2D eigenvalue weighted by molar-refractivity contribution is -0.231. The molecule has 5 heteroatoms. The molecule has 0 aromatic heterocycles. The van der Waals surface area contributed by atoms with Gasteiger partial charge in [-0.15, -0.1) is 0 Å². The van der Waals surface area contributed by atoms with E-state index in [9.17, 15) is 8.78 Å². The zero-order chi connectivity index (χ0) is 6.62. The molecular weight excluding hydrogens is 118 g/mol. The van der Waals surface area contributed by atoms with Gasteiger partial charge >= 0.3 is 6.23 Å². The molecule has 0 amide bonds. The number of hydrogen-bond donors (Lipinski definition) is 2. The van der Waals surface area contributed by atoms with Crippen molar-refractivity contribution in [2.75, 3.05) is 13.2 Å². The minimum atomic E-state index is -3.53. The first-order valence-corrected chi connectivity index (χ1v) is 2.07. The number of ether oxygens (including phenoxy) is 1. The molecule has 0 aliphatic heterocycles. The van der Waals surface area contributed by atoms with E-state index < -0.39 is 6.23 Å². The molecule has 0 saturated carbocycles. The average Bonchev–Trinajstić information content (AvgIpc) is 1.59. The van der Waals surface area contributed by atoms with Gasteiger partial charge in [0.25, 0.3) is 0 Å². The summed E-state index contributed by atoms with van der Waals surface area (Å²) in [5.74, 6) is 0. The molecule has 50 valence electrons. The molecule has 0 aromatic rings. The second-order valence-corrected chi connectivity index (χ2v) is 1.20. The molecule has 3 nitrogen and oxygen atoms in total. The Labute approximate surface area is 45.6 Å². The monoisotopic (exact) mass is 126 g/mol. The van der Waals surface area contributed by atoms with Gasteiger partial charge in [-0.05, 0) is 0 Å². The lowest BCUT2D eigenvalue weighted by Crippen LogP contribution is -2.33. The molecule has 0 aliphatic rings. The van der Waals surface area contributed by atoms with E-state index in [0.29, 0.717) is 0 Å². The van der Waals surface area contributed by atoms with Gasteiger partial charge in [-0.25, -0.2) is 5.73 Å². The van der Waals surface area contributed by atoms with Crippen LogP contribution in [-0.2, 0) is 4.74 Å². The highest BCUT2D eigenvalue weighted by atomic mass is 19.3. The largest absolute Gasteiger partial charge is 0.419 e. The van der Waals surface area contributed by atoms with Gasteiger partial charge < -0.3 is 10.5 Å².